The van der Waals surface area contributed by atoms with Gasteiger partial charge in [0.1, 0.15) is 0 Å². The van der Waals surface area contributed by atoms with Gasteiger partial charge in [-0.15, -0.1) is 0 Å². The molecular weight excluding hydrogens is 164 g/mol. The highest BCUT2D eigenvalue weighted by Gasteiger charge is 2.16. The van der Waals surface area contributed by atoms with Crippen LogP contribution in [0.15, 0.2) is 4.99 Å². The third-order valence-electron chi connectivity index (χ3n) is 2.51. The predicted molar refractivity (Wildman–Crippen MR) is 55.3 cm³/mol. The maximum atomic E-state index is 5.28. The van der Waals surface area contributed by atoms with Gasteiger partial charge in [-0.05, 0) is 19.3 Å². The molecule has 0 radical (unpaired) electrons. The van der Waals surface area contributed by atoms with Gasteiger partial charge in [-0.3, -0.25) is 10.4 Å². The fourth-order valence-corrected chi connectivity index (χ4v) is 1.46. The summed E-state index contributed by atoms with van der Waals surface area (Å²) in [6.07, 6.45) is 5.39. The quantitative estimate of drug-likeness (QED) is 0.259. The van der Waals surface area contributed by atoms with E-state index in [-0.39, 0.29) is 0 Å². The van der Waals surface area contributed by atoms with Crippen LogP contribution in [0.2, 0.25) is 0 Å². The van der Waals surface area contributed by atoms with Crippen LogP contribution in [0.1, 0.15) is 32.6 Å². The highest BCUT2D eigenvalue weighted by Crippen LogP contribution is 2.28. The lowest BCUT2D eigenvalue weighted by atomic mass is 9.83. The highest BCUT2D eigenvalue weighted by atomic mass is 15.3. The average Bonchev–Trinajstić information content (AvgIpc) is 2.07. The second-order valence-electron chi connectivity index (χ2n) is 3.49. The van der Waals surface area contributed by atoms with Gasteiger partial charge in [-0.1, -0.05) is 19.3 Å². The summed E-state index contributed by atoms with van der Waals surface area (Å²) in [5.74, 6) is 6.91. The fraction of sp³-hybridized carbons (Fsp3) is 0.889. The number of aliphatic imine (C=N–C) groups is 1. The Kier molecular flexibility index (Phi) is 4.60. The molecule has 4 N–H and O–H groups in total. The van der Waals surface area contributed by atoms with E-state index in [0.29, 0.717) is 5.96 Å². The first kappa shape index (κ1) is 10.3. The van der Waals surface area contributed by atoms with E-state index >= 15 is 0 Å². The van der Waals surface area contributed by atoms with Gasteiger partial charge in [0.05, 0.1) is 0 Å². The first-order valence-corrected chi connectivity index (χ1v) is 5.11. The Hall–Kier alpha value is -0.770. The second-order valence-corrected chi connectivity index (χ2v) is 3.49. The minimum Gasteiger partial charge on any atom is -0.356 e. The molecular formula is C9H20N4. The largest absolute Gasteiger partial charge is 0.356 e. The van der Waals surface area contributed by atoms with Gasteiger partial charge >= 0.3 is 0 Å². The van der Waals surface area contributed by atoms with Crippen LogP contribution in [0.4, 0.5) is 0 Å². The van der Waals surface area contributed by atoms with Crippen LogP contribution in [-0.2, 0) is 0 Å². The zero-order valence-corrected chi connectivity index (χ0v) is 8.34. The van der Waals surface area contributed by atoms with Crippen molar-refractivity contribution in [3.8, 4) is 0 Å². The Bertz CT molecular complexity index is 163. The van der Waals surface area contributed by atoms with Crippen molar-refractivity contribution in [2.24, 2.45) is 16.8 Å². The average molecular weight is 184 g/mol. The van der Waals surface area contributed by atoms with Gasteiger partial charge in [-0.2, -0.15) is 0 Å². The van der Waals surface area contributed by atoms with E-state index in [9.17, 15) is 0 Å². The SMILES string of the molecule is CCNC(=NCCC1CCC1)NN. The van der Waals surface area contributed by atoms with E-state index in [1.807, 2.05) is 6.92 Å². The van der Waals surface area contributed by atoms with E-state index in [0.717, 1.165) is 19.0 Å². The fourth-order valence-electron chi connectivity index (χ4n) is 1.46. The molecule has 0 saturated heterocycles. The van der Waals surface area contributed by atoms with Crippen molar-refractivity contribution in [2.75, 3.05) is 13.1 Å². The lowest BCUT2D eigenvalue weighted by Crippen LogP contribution is -2.41. The maximum absolute atomic E-state index is 5.28. The zero-order valence-electron chi connectivity index (χ0n) is 8.34. The zero-order chi connectivity index (χ0) is 9.52. The molecule has 0 bridgehead atoms. The van der Waals surface area contributed by atoms with Gasteiger partial charge in [0.15, 0.2) is 0 Å². The van der Waals surface area contributed by atoms with Crippen molar-refractivity contribution >= 4 is 5.96 Å². The van der Waals surface area contributed by atoms with Gasteiger partial charge in [0.2, 0.25) is 5.96 Å². The maximum Gasteiger partial charge on any atom is 0.205 e. The molecule has 76 valence electrons. The van der Waals surface area contributed by atoms with Crippen LogP contribution in [0.5, 0.6) is 0 Å². The van der Waals surface area contributed by atoms with Crippen molar-refractivity contribution < 1.29 is 0 Å². The monoisotopic (exact) mass is 184 g/mol. The van der Waals surface area contributed by atoms with Crippen LogP contribution in [0.25, 0.3) is 0 Å². The van der Waals surface area contributed by atoms with Crippen LogP contribution < -0.4 is 16.6 Å². The smallest absolute Gasteiger partial charge is 0.205 e. The molecule has 0 aromatic carbocycles. The van der Waals surface area contributed by atoms with Crippen LogP contribution >= 0.6 is 0 Å². The third-order valence-corrected chi connectivity index (χ3v) is 2.51. The number of hydrogen-bond donors (Lipinski definition) is 3. The van der Waals surface area contributed by atoms with Gasteiger partial charge in [-0.25, -0.2) is 5.84 Å². The van der Waals surface area contributed by atoms with E-state index in [4.69, 9.17) is 5.84 Å². The molecule has 1 rings (SSSR count). The van der Waals surface area contributed by atoms with Crippen molar-refractivity contribution in [1.82, 2.24) is 10.7 Å². The third kappa shape index (κ3) is 3.63. The lowest BCUT2D eigenvalue weighted by molar-refractivity contribution is 0.300. The minimum atomic E-state index is 0.710. The Morgan fingerprint density at radius 1 is 1.54 bits per heavy atom. The molecule has 1 aliphatic rings. The molecule has 0 aliphatic heterocycles. The summed E-state index contributed by atoms with van der Waals surface area (Å²) in [7, 11) is 0. The summed E-state index contributed by atoms with van der Waals surface area (Å²) in [5, 5.41) is 3.06. The number of nitrogens with two attached hydrogens (primary N) is 1. The molecule has 0 atom stereocenters. The Balaban J connectivity index is 2.11. The molecule has 0 aromatic heterocycles. The second kappa shape index (κ2) is 5.80. The van der Waals surface area contributed by atoms with Gasteiger partial charge < -0.3 is 5.32 Å². The lowest BCUT2D eigenvalue weighted by Gasteiger charge is -2.24. The Morgan fingerprint density at radius 3 is 2.77 bits per heavy atom. The summed E-state index contributed by atoms with van der Waals surface area (Å²) in [6, 6.07) is 0. The number of hydrazine groups is 1. The van der Waals surface area contributed by atoms with Crippen molar-refractivity contribution in [1.29, 1.82) is 0 Å². The molecule has 0 spiro atoms. The molecule has 0 unspecified atom stereocenters. The standard InChI is InChI=1S/C9H20N4/c1-2-11-9(13-10)12-7-6-8-4-3-5-8/h8H,2-7,10H2,1H3,(H2,11,12,13). The van der Waals surface area contributed by atoms with Gasteiger partial charge in [0, 0.05) is 13.1 Å². The molecule has 1 aliphatic carbocycles. The van der Waals surface area contributed by atoms with Crippen molar-refractivity contribution in [3.63, 3.8) is 0 Å². The predicted octanol–water partition coefficient (Wildman–Crippen LogP) is 0.605. The van der Waals surface area contributed by atoms with Crippen LogP contribution in [0, 0.1) is 5.92 Å². The van der Waals surface area contributed by atoms with E-state index < -0.39 is 0 Å². The molecule has 0 heterocycles. The van der Waals surface area contributed by atoms with Gasteiger partial charge in [0.25, 0.3) is 0 Å². The number of hydrogen-bond acceptors (Lipinski definition) is 2. The molecule has 4 nitrogen and oxygen atoms in total. The number of rotatable bonds is 4. The molecule has 1 fully saturated rings. The van der Waals surface area contributed by atoms with Crippen LogP contribution in [-0.4, -0.2) is 19.0 Å². The van der Waals surface area contributed by atoms with E-state index in [2.05, 4.69) is 15.7 Å². The number of guanidine groups is 1. The molecule has 4 heteroatoms. The summed E-state index contributed by atoms with van der Waals surface area (Å²) in [5.41, 5.74) is 2.55. The summed E-state index contributed by atoms with van der Waals surface area (Å²) < 4.78 is 0. The first-order valence-electron chi connectivity index (χ1n) is 5.11. The minimum absolute atomic E-state index is 0.710. The normalized spacial score (nSPS) is 18.2. The Morgan fingerprint density at radius 2 is 2.31 bits per heavy atom. The Labute approximate surface area is 80.0 Å². The molecule has 1 saturated carbocycles. The summed E-state index contributed by atoms with van der Waals surface area (Å²) in [4.78, 5) is 4.32. The van der Waals surface area contributed by atoms with Crippen molar-refractivity contribution in [3.05, 3.63) is 0 Å². The number of nitrogens with zero attached hydrogens (tertiary/aromatic N) is 1. The topological polar surface area (TPSA) is 62.4 Å². The molecule has 13 heavy (non-hydrogen) atoms. The van der Waals surface area contributed by atoms with E-state index in [1.54, 1.807) is 0 Å². The molecule has 0 aromatic rings. The first-order chi connectivity index (χ1) is 6.36. The van der Waals surface area contributed by atoms with Crippen molar-refractivity contribution in [2.45, 2.75) is 32.6 Å². The summed E-state index contributed by atoms with van der Waals surface area (Å²) >= 11 is 0. The number of nitrogens with one attached hydrogen (secondary N) is 2. The van der Waals surface area contributed by atoms with E-state index in [1.165, 1.54) is 25.7 Å². The summed E-state index contributed by atoms with van der Waals surface area (Å²) in [6.45, 7) is 3.77. The molecule has 0 amide bonds. The highest BCUT2D eigenvalue weighted by molar-refractivity contribution is 5.78. The van der Waals surface area contributed by atoms with Crippen LogP contribution in [0.3, 0.4) is 0 Å².